The van der Waals surface area contributed by atoms with Gasteiger partial charge < -0.3 is 19.5 Å². The van der Waals surface area contributed by atoms with Gasteiger partial charge in [0, 0.05) is 13.1 Å². The van der Waals surface area contributed by atoms with Gasteiger partial charge >= 0.3 is 5.97 Å². The van der Waals surface area contributed by atoms with Gasteiger partial charge in [0.05, 0.1) is 25.1 Å². The molecule has 0 saturated carbocycles. The zero-order valence-corrected chi connectivity index (χ0v) is 11.5. The van der Waals surface area contributed by atoms with E-state index in [1.54, 1.807) is 12.4 Å². The summed E-state index contributed by atoms with van der Waals surface area (Å²) in [6.07, 6.45) is 4.88. The van der Waals surface area contributed by atoms with Crippen LogP contribution in [0.5, 0.6) is 5.88 Å². The zero-order chi connectivity index (χ0) is 14.4. The third-order valence-corrected chi connectivity index (χ3v) is 3.10. The summed E-state index contributed by atoms with van der Waals surface area (Å²) in [7, 11) is 0. The molecule has 1 N–H and O–H groups in total. The van der Waals surface area contributed by atoms with Crippen molar-refractivity contribution < 1.29 is 19.4 Å². The second-order valence-electron chi connectivity index (χ2n) is 4.54. The molecule has 1 aliphatic heterocycles. The van der Waals surface area contributed by atoms with E-state index in [-0.39, 0.29) is 12.7 Å². The van der Waals surface area contributed by atoms with E-state index in [4.69, 9.17) is 14.6 Å². The molecule has 2 heterocycles. The maximum atomic E-state index is 10.5. The average Bonchev–Trinajstić information content (AvgIpc) is 2.46. The van der Waals surface area contributed by atoms with E-state index in [0.717, 1.165) is 31.7 Å². The first kappa shape index (κ1) is 14.5. The lowest BCUT2D eigenvalue weighted by Gasteiger charge is -2.32. The molecule has 7 nitrogen and oxygen atoms in total. The summed E-state index contributed by atoms with van der Waals surface area (Å²) in [4.78, 5) is 21.1. The van der Waals surface area contributed by atoms with Gasteiger partial charge in [-0.3, -0.25) is 4.98 Å². The highest BCUT2D eigenvalue weighted by Crippen LogP contribution is 2.20. The fourth-order valence-electron chi connectivity index (χ4n) is 2.15. The minimum absolute atomic E-state index is 0.00498. The molecule has 110 valence electrons. The lowest BCUT2D eigenvalue weighted by atomic mass is 10.1. The molecule has 0 aromatic carbocycles. The van der Waals surface area contributed by atoms with E-state index in [9.17, 15) is 4.79 Å². The number of hydrogen-bond acceptors (Lipinski definition) is 6. The Morgan fingerprint density at radius 2 is 2.20 bits per heavy atom. The van der Waals surface area contributed by atoms with Crippen LogP contribution in [0.2, 0.25) is 0 Å². The first-order valence-corrected chi connectivity index (χ1v) is 6.72. The van der Waals surface area contributed by atoms with Crippen LogP contribution in [0.25, 0.3) is 0 Å². The van der Waals surface area contributed by atoms with Crippen molar-refractivity contribution in [2.45, 2.75) is 25.9 Å². The average molecular weight is 281 g/mol. The maximum Gasteiger partial charge on any atom is 0.329 e. The van der Waals surface area contributed by atoms with E-state index in [0.29, 0.717) is 12.5 Å². The molecule has 0 aliphatic carbocycles. The molecule has 2 rings (SSSR count). The van der Waals surface area contributed by atoms with Crippen LogP contribution >= 0.6 is 0 Å². The van der Waals surface area contributed by atoms with E-state index in [2.05, 4.69) is 14.9 Å². The van der Waals surface area contributed by atoms with Crippen molar-refractivity contribution in [2.24, 2.45) is 0 Å². The van der Waals surface area contributed by atoms with Crippen molar-refractivity contribution in [3.63, 3.8) is 0 Å². The van der Waals surface area contributed by atoms with Crippen LogP contribution in [0.15, 0.2) is 12.4 Å². The standard InChI is InChI=1S/C13H19N3O4/c1-2-19-12-8-14-7-11(15-12)16-5-3-10(4-6-16)20-9-13(17)18/h7-8,10H,2-6,9H2,1H3,(H,17,18). The fraction of sp³-hybridized carbons (Fsp3) is 0.615. The largest absolute Gasteiger partial charge is 0.480 e. The van der Waals surface area contributed by atoms with Crippen molar-refractivity contribution in [3.05, 3.63) is 12.4 Å². The molecule has 0 atom stereocenters. The molecule has 1 fully saturated rings. The monoisotopic (exact) mass is 281 g/mol. The van der Waals surface area contributed by atoms with Crippen molar-refractivity contribution in [1.82, 2.24) is 9.97 Å². The Bertz CT molecular complexity index is 447. The number of nitrogens with zero attached hydrogens (tertiary/aromatic N) is 3. The van der Waals surface area contributed by atoms with Crippen LogP contribution in [0, 0.1) is 0 Å². The number of aromatic nitrogens is 2. The van der Waals surface area contributed by atoms with E-state index < -0.39 is 5.97 Å². The van der Waals surface area contributed by atoms with E-state index >= 15 is 0 Å². The molecule has 1 aromatic rings. The van der Waals surface area contributed by atoms with Crippen molar-refractivity contribution in [2.75, 3.05) is 31.2 Å². The number of anilines is 1. The summed E-state index contributed by atoms with van der Waals surface area (Å²) in [6, 6.07) is 0. The predicted molar refractivity (Wildman–Crippen MR) is 72.0 cm³/mol. The molecule has 1 aromatic heterocycles. The second-order valence-corrected chi connectivity index (χ2v) is 4.54. The summed E-state index contributed by atoms with van der Waals surface area (Å²) >= 11 is 0. The molecule has 0 unspecified atom stereocenters. The van der Waals surface area contributed by atoms with Gasteiger partial charge in [-0.2, -0.15) is 4.98 Å². The third-order valence-electron chi connectivity index (χ3n) is 3.10. The number of carboxylic acids is 1. The summed E-state index contributed by atoms with van der Waals surface area (Å²) < 4.78 is 10.6. The molecule has 20 heavy (non-hydrogen) atoms. The topological polar surface area (TPSA) is 84.8 Å². The molecule has 0 amide bonds. The second kappa shape index (κ2) is 7.04. The third kappa shape index (κ3) is 4.06. The Hall–Kier alpha value is -1.89. The van der Waals surface area contributed by atoms with Gasteiger partial charge in [0.1, 0.15) is 6.61 Å². The smallest absolute Gasteiger partial charge is 0.329 e. The van der Waals surface area contributed by atoms with E-state index in [1.165, 1.54) is 0 Å². The zero-order valence-electron chi connectivity index (χ0n) is 11.5. The number of hydrogen-bond donors (Lipinski definition) is 1. The predicted octanol–water partition coefficient (Wildman–Crippen LogP) is 0.945. The Morgan fingerprint density at radius 3 is 2.85 bits per heavy atom. The number of piperidine rings is 1. The highest BCUT2D eigenvalue weighted by atomic mass is 16.5. The van der Waals surface area contributed by atoms with Crippen molar-refractivity contribution >= 4 is 11.8 Å². The summed E-state index contributed by atoms with van der Waals surface area (Å²) in [5.41, 5.74) is 0. The molecule has 1 aliphatic rings. The van der Waals surface area contributed by atoms with Gasteiger partial charge in [-0.05, 0) is 19.8 Å². The minimum Gasteiger partial charge on any atom is -0.480 e. The van der Waals surface area contributed by atoms with Crippen LogP contribution in [0.3, 0.4) is 0 Å². The minimum atomic E-state index is -0.928. The molecule has 0 radical (unpaired) electrons. The summed E-state index contributed by atoms with van der Waals surface area (Å²) in [5, 5.41) is 8.59. The van der Waals surface area contributed by atoms with Gasteiger partial charge in [0.15, 0.2) is 5.82 Å². The molecule has 0 spiro atoms. The Labute approximate surface area is 117 Å². The first-order chi connectivity index (χ1) is 9.69. The number of aliphatic carboxylic acids is 1. The molecule has 0 bridgehead atoms. The maximum absolute atomic E-state index is 10.5. The quantitative estimate of drug-likeness (QED) is 0.830. The van der Waals surface area contributed by atoms with Gasteiger partial charge in [0.25, 0.3) is 0 Å². The Kier molecular flexibility index (Phi) is 5.11. The number of carbonyl (C=O) groups is 1. The Morgan fingerprint density at radius 1 is 1.45 bits per heavy atom. The normalized spacial score (nSPS) is 16.1. The number of carboxylic acid groups (broad SMARTS) is 1. The lowest BCUT2D eigenvalue weighted by molar-refractivity contribution is -0.144. The SMILES string of the molecule is CCOc1cncc(N2CCC(OCC(=O)O)CC2)n1. The number of ether oxygens (including phenoxy) is 2. The van der Waals surface area contributed by atoms with Gasteiger partial charge in [-0.15, -0.1) is 0 Å². The fourth-order valence-corrected chi connectivity index (χ4v) is 2.15. The summed E-state index contributed by atoms with van der Waals surface area (Å²) in [5.74, 6) is 0.379. The van der Waals surface area contributed by atoms with Crippen LogP contribution in [0.1, 0.15) is 19.8 Å². The van der Waals surface area contributed by atoms with Crippen LogP contribution in [-0.4, -0.2) is 53.5 Å². The highest BCUT2D eigenvalue weighted by molar-refractivity contribution is 5.68. The van der Waals surface area contributed by atoms with Crippen molar-refractivity contribution in [1.29, 1.82) is 0 Å². The van der Waals surface area contributed by atoms with E-state index in [1.807, 2.05) is 6.92 Å². The summed E-state index contributed by atoms with van der Waals surface area (Å²) in [6.45, 7) is 3.77. The highest BCUT2D eigenvalue weighted by Gasteiger charge is 2.21. The van der Waals surface area contributed by atoms with Crippen LogP contribution in [-0.2, 0) is 9.53 Å². The molecular weight excluding hydrogens is 262 g/mol. The van der Waals surface area contributed by atoms with Crippen LogP contribution in [0.4, 0.5) is 5.82 Å². The lowest BCUT2D eigenvalue weighted by Crippen LogP contribution is -2.38. The van der Waals surface area contributed by atoms with Crippen LogP contribution < -0.4 is 9.64 Å². The first-order valence-electron chi connectivity index (χ1n) is 6.72. The number of rotatable bonds is 6. The Balaban J connectivity index is 1.86. The van der Waals surface area contributed by atoms with Crippen molar-refractivity contribution in [3.8, 4) is 5.88 Å². The molecule has 1 saturated heterocycles. The van der Waals surface area contributed by atoms with Gasteiger partial charge in [-0.25, -0.2) is 4.79 Å². The van der Waals surface area contributed by atoms with Gasteiger partial charge in [-0.1, -0.05) is 0 Å². The molecule has 7 heteroatoms. The van der Waals surface area contributed by atoms with Gasteiger partial charge in [0.2, 0.25) is 5.88 Å². The molecular formula is C13H19N3O4.